The standard InChI is InChI=1S/C26H44NO3Si/c1-25(2,3)21-16-14-19(18-23(21)27(28)29)15-17-22(26(4,5)6)24(30-31(7)8)20-12-10-9-11-13-20/h14,16,18,20,22,24H,9-13,15,17H2,1-8H3/t22-,24?/m0/s1. The van der Waals surface area contributed by atoms with E-state index in [4.69, 9.17) is 4.43 Å². The number of nitro groups is 1. The summed E-state index contributed by atoms with van der Waals surface area (Å²) in [4.78, 5) is 11.5. The molecule has 4 nitrogen and oxygen atoms in total. The predicted molar refractivity (Wildman–Crippen MR) is 132 cm³/mol. The average Bonchev–Trinajstić information content (AvgIpc) is 2.65. The molecular formula is C26H44NO3Si. The molecule has 1 saturated carbocycles. The minimum Gasteiger partial charge on any atom is -0.414 e. The molecule has 0 aliphatic heterocycles. The molecular weight excluding hydrogens is 402 g/mol. The van der Waals surface area contributed by atoms with Crippen LogP contribution in [0.4, 0.5) is 5.69 Å². The molecule has 1 aliphatic carbocycles. The Labute approximate surface area is 192 Å². The van der Waals surface area contributed by atoms with Gasteiger partial charge in [0.2, 0.25) is 9.04 Å². The topological polar surface area (TPSA) is 52.4 Å². The molecule has 0 saturated heterocycles. The Hall–Kier alpha value is -1.20. The number of hydrogen-bond acceptors (Lipinski definition) is 3. The van der Waals surface area contributed by atoms with Crippen molar-refractivity contribution in [3.63, 3.8) is 0 Å². The van der Waals surface area contributed by atoms with Gasteiger partial charge in [-0.25, -0.2) is 0 Å². The molecule has 2 atom stereocenters. The lowest BCUT2D eigenvalue weighted by Gasteiger charge is -2.43. The highest BCUT2D eigenvalue weighted by atomic mass is 28.3. The van der Waals surface area contributed by atoms with Crippen molar-refractivity contribution in [2.24, 2.45) is 17.3 Å². The van der Waals surface area contributed by atoms with Gasteiger partial charge in [-0.3, -0.25) is 10.1 Å². The first kappa shape index (κ1) is 26.1. The van der Waals surface area contributed by atoms with E-state index in [1.54, 1.807) is 0 Å². The third-order valence-electron chi connectivity index (χ3n) is 6.81. The fourth-order valence-corrected chi connectivity index (χ4v) is 6.07. The molecule has 5 heteroatoms. The van der Waals surface area contributed by atoms with E-state index >= 15 is 0 Å². The highest BCUT2D eigenvalue weighted by Crippen LogP contribution is 2.41. The zero-order valence-corrected chi connectivity index (χ0v) is 22.1. The van der Waals surface area contributed by atoms with E-state index in [2.05, 4.69) is 39.9 Å². The average molecular weight is 447 g/mol. The van der Waals surface area contributed by atoms with Gasteiger partial charge >= 0.3 is 0 Å². The van der Waals surface area contributed by atoms with Crippen LogP contribution < -0.4 is 0 Å². The number of nitrogens with zero attached hydrogens (tertiary/aromatic N) is 1. The van der Waals surface area contributed by atoms with Crippen LogP contribution in [-0.4, -0.2) is 20.1 Å². The Morgan fingerprint density at radius 1 is 1.10 bits per heavy atom. The van der Waals surface area contributed by atoms with Crippen LogP contribution in [0.5, 0.6) is 0 Å². The minimum atomic E-state index is -0.796. The van der Waals surface area contributed by atoms with E-state index in [0.29, 0.717) is 17.9 Å². The summed E-state index contributed by atoms with van der Waals surface area (Å²) in [5.41, 5.74) is 2.02. The van der Waals surface area contributed by atoms with Gasteiger partial charge in [-0.1, -0.05) is 72.9 Å². The molecule has 1 aliphatic rings. The molecule has 1 fully saturated rings. The van der Waals surface area contributed by atoms with Crippen molar-refractivity contribution in [1.82, 2.24) is 0 Å². The zero-order valence-electron chi connectivity index (χ0n) is 21.1. The number of nitro benzene ring substituents is 1. The molecule has 0 heterocycles. The Kier molecular flexibility index (Phi) is 8.92. The minimum absolute atomic E-state index is 0.136. The van der Waals surface area contributed by atoms with Gasteiger partial charge in [0, 0.05) is 11.6 Å². The maximum atomic E-state index is 11.7. The van der Waals surface area contributed by atoms with E-state index in [1.807, 2.05) is 32.9 Å². The van der Waals surface area contributed by atoms with E-state index < -0.39 is 9.04 Å². The summed E-state index contributed by atoms with van der Waals surface area (Å²) >= 11 is 0. The van der Waals surface area contributed by atoms with Crippen LogP contribution >= 0.6 is 0 Å². The molecule has 2 rings (SSSR count). The number of rotatable bonds is 8. The van der Waals surface area contributed by atoms with Crippen molar-refractivity contribution in [2.45, 2.75) is 111 Å². The molecule has 0 N–H and O–H groups in total. The molecule has 0 amide bonds. The van der Waals surface area contributed by atoms with Crippen LogP contribution in [0.2, 0.25) is 13.1 Å². The summed E-state index contributed by atoms with van der Waals surface area (Å²) in [5.74, 6) is 1.09. The van der Waals surface area contributed by atoms with Crippen LogP contribution in [-0.2, 0) is 16.3 Å². The highest BCUT2D eigenvalue weighted by Gasteiger charge is 2.38. The first-order valence-electron chi connectivity index (χ1n) is 12.1. The van der Waals surface area contributed by atoms with Crippen LogP contribution in [0.25, 0.3) is 0 Å². The molecule has 1 aromatic carbocycles. The molecule has 1 unspecified atom stereocenters. The molecule has 1 radical (unpaired) electrons. The van der Waals surface area contributed by atoms with Crippen LogP contribution in [0.3, 0.4) is 0 Å². The van der Waals surface area contributed by atoms with Crippen LogP contribution in [0, 0.1) is 27.4 Å². The SMILES string of the molecule is C[Si](C)OC(C1CCCCC1)[C@H](CCc1ccc(C(C)(C)C)c([N+](=O)[O-])c1)C(C)(C)C. The van der Waals surface area contributed by atoms with E-state index in [-0.39, 0.29) is 21.4 Å². The Balaban J connectivity index is 2.28. The summed E-state index contributed by atoms with van der Waals surface area (Å²) in [6.07, 6.45) is 8.70. The second-order valence-electron chi connectivity index (χ2n) is 11.8. The molecule has 0 bridgehead atoms. The largest absolute Gasteiger partial charge is 0.414 e. The Morgan fingerprint density at radius 2 is 1.71 bits per heavy atom. The van der Waals surface area contributed by atoms with Crippen LogP contribution in [0.1, 0.15) is 91.2 Å². The first-order valence-corrected chi connectivity index (χ1v) is 14.5. The predicted octanol–water partition coefficient (Wildman–Crippen LogP) is 7.70. The fourth-order valence-electron chi connectivity index (χ4n) is 5.17. The van der Waals surface area contributed by atoms with E-state index in [9.17, 15) is 10.1 Å². The van der Waals surface area contributed by atoms with Gasteiger partial charge in [0.1, 0.15) is 0 Å². The van der Waals surface area contributed by atoms with Crippen molar-refractivity contribution in [2.75, 3.05) is 0 Å². The Morgan fingerprint density at radius 3 is 2.19 bits per heavy atom. The second-order valence-corrected chi connectivity index (χ2v) is 13.8. The van der Waals surface area contributed by atoms with Crippen molar-refractivity contribution >= 4 is 14.7 Å². The summed E-state index contributed by atoms with van der Waals surface area (Å²) in [6.45, 7) is 17.6. The summed E-state index contributed by atoms with van der Waals surface area (Å²) < 4.78 is 6.69. The third kappa shape index (κ3) is 7.42. The van der Waals surface area contributed by atoms with Gasteiger partial charge in [0.15, 0.2) is 0 Å². The van der Waals surface area contributed by atoms with Crippen molar-refractivity contribution in [3.8, 4) is 0 Å². The summed E-state index contributed by atoms with van der Waals surface area (Å²) in [7, 11) is -0.796. The smallest absolute Gasteiger partial charge is 0.273 e. The maximum absolute atomic E-state index is 11.7. The van der Waals surface area contributed by atoms with Gasteiger partial charge in [-0.15, -0.1) is 0 Å². The number of hydrogen-bond donors (Lipinski definition) is 0. The van der Waals surface area contributed by atoms with Crippen molar-refractivity contribution < 1.29 is 9.35 Å². The van der Waals surface area contributed by atoms with Gasteiger partial charge in [-0.2, -0.15) is 0 Å². The lowest BCUT2D eigenvalue weighted by Crippen LogP contribution is -2.42. The van der Waals surface area contributed by atoms with E-state index in [0.717, 1.165) is 24.0 Å². The third-order valence-corrected chi connectivity index (χ3v) is 7.55. The molecule has 0 aromatic heterocycles. The summed E-state index contributed by atoms with van der Waals surface area (Å²) in [6, 6.07) is 5.87. The summed E-state index contributed by atoms with van der Waals surface area (Å²) in [5, 5.41) is 11.7. The van der Waals surface area contributed by atoms with Gasteiger partial charge in [-0.05, 0) is 67.0 Å². The monoisotopic (exact) mass is 446 g/mol. The lowest BCUT2D eigenvalue weighted by atomic mass is 9.69. The molecule has 1 aromatic rings. The quantitative estimate of drug-likeness (QED) is 0.233. The fraction of sp³-hybridized carbons (Fsp3) is 0.769. The lowest BCUT2D eigenvalue weighted by molar-refractivity contribution is -0.386. The molecule has 175 valence electrons. The second kappa shape index (κ2) is 10.6. The van der Waals surface area contributed by atoms with Crippen molar-refractivity contribution in [3.05, 3.63) is 39.4 Å². The molecule has 0 spiro atoms. The molecule has 31 heavy (non-hydrogen) atoms. The van der Waals surface area contributed by atoms with E-state index in [1.165, 1.54) is 32.1 Å². The van der Waals surface area contributed by atoms with Gasteiger partial charge in [0.05, 0.1) is 11.0 Å². The van der Waals surface area contributed by atoms with Gasteiger partial charge in [0.25, 0.3) is 5.69 Å². The number of aryl methyl sites for hydroxylation is 1. The number of benzene rings is 1. The van der Waals surface area contributed by atoms with Crippen molar-refractivity contribution in [1.29, 1.82) is 0 Å². The van der Waals surface area contributed by atoms with Crippen LogP contribution in [0.15, 0.2) is 18.2 Å². The normalized spacial score (nSPS) is 18.2. The first-order chi connectivity index (χ1) is 14.3. The highest BCUT2D eigenvalue weighted by molar-refractivity contribution is 6.48. The Bertz CT molecular complexity index is 727. The maximum Gasteiger partial charge on any atom is 0.273 e. The van der Waals surface area contributed by atoms with Gasteiger partial charge < -0.3 is 4.43 Å². The zero-order chi connectivity index (χ0) is 23.4.